The van der Waals surface area contributed by atoms with E-state index < -0.39 is 11.9 Å². The van der Waals surface area contributed by atoms with Gasteiger partial charge in [0.1, 0.15) is 11.3 Å². The molecule has 0 spiro atoms. The first-order chi connectivity index (χ1) is 13.9. The number of carbonyl (C=O) groups excluding carboxylic acids is 2. The lowest BCUT2D eigenvalue weighted by Crippen LogP contribution is -2.16. The summed E-state index contributed by atoms with van der Waals surface area (Å²) < 4.78 is 18.1. The van der Waals surface area contributed by atoms with Crippen molar-refractivity contribution >= 4 is 90.2 Å². The van der Waals surface area contributed by atoms with Crippen LogP contribution in [-0.4, -0.2) is 31.8 Å². The van der Waals surface area contributed by atoms with Gasteiger partial charge >= 0.3 is 11.9 Å². The minimum absolute atomic E-state index is 0.167. The van der Waals surface area contributed by atoms with Crippen molar-refractivity contribution in [2.45, 2.75) is 0 Å². The SMILES string of the molecule is COC(=O)COc1c(I)cc(/C=N/NC(=O)c2cc3cc(Br)ccc3o2)cc1I. The number of rotatable bonds is 6. The Morgan fingerprint density at radius 2 is 1.93 bits per heavy atom. The number of carbonyl (C=O) groups is 2. The number of halogens is 3. The van der Waals surface area contributed by atoms with Gasteiger partial charge in [0.15, 0.2) is 12.4 Å². The number of fused-ring (bicyclic) bond motifs is 1. The van der Waals surface area contributed by atoms with Crippen molar-refractivity contribution in [3.8, 4) is 5.75 Å². The second kappa shape index (κ2) is 9.89. The molecule has 0 aliphatic heterocycles. The summed E-state index contributed by atoms with van der Waals surface area (Å²) in [4.78, 5) is 23.5. The maximum absolute atomic E-state index is 12.3. The summed E-state index contributed by atoms with van der Waals surface area (Å²) >= 11 is 7.60. The summed E-state index contributed by atoms with van der Waals surface area (Å²) in [6, 6.07) is 10.8. The van der Waals surface area contributed by atoms with E-state index in [1.54, 1.807) is 12.1 Å². The van der Waals surface area contributed by atoms with E-state index in [1.165, 1.54) is 13.3 Å². The van der Waals surface area contributed by atoms with Crippen LogP contribution in [0.4, 0.5) is 0 Å². The van der Waals surface area contributed by atoms with Gasteiger partial charge in [-0.3, -0.25) is 4.79 Å². The average molecular weight is 683 g/mol. The first kappa shape index (κ1) is 22.0. The zero-order valence-electron chi connectivity index (χ0n) is 14.9. The van der Waals surface area contributed by atoms with Crippen LogP contribution in [-0.2, 0) is 9.53 Å². The molecule has 0 radical (unpaired) electrons. The lowest BCUT2D eigenvalue weighted by molar-refractivity contribution is -0.142. The minimum atomic E-state index is -0.456. The Morgan fingerprint density at radius 1 is 1.21 bits per heavy atom. The summed E-state index contributed by atoms with van der Waals surface area (Å²) in [5, 5.41) is 4.81. The molecule has 29 heavy (non-hydrogen) atoms. The van der Waals surface area contributed by atoms with Crippen LogP contribution >= 0.6 is 61.1 Å². The Labute approximate surface area is 201 Å². The normalized spacial score (nSPS) is 11.0. The van der Waals surface area contributed by atoms with Crippen molar-refractivity contribution in [3.05, 3.63) is 59.3 Å². The minimum Gasteiger partial charge on any atom is -0.480 e. The highest BCUT2D eigenvalue weighted by Gasteiger charge is 2.13. The third kappa shape index (κ3) is 5.69. The molecule has 0 aliphatic rings. The monoisotopic (exact) mass is 682 g/mol. The summed E-state index contributed by atoms with van der Waals surface area (Å²) in [6.07, 6.45) is 1.52. The lowest BCUT2D eigenvalue weighted by Gasteiger charge is -2.10. The molecule has 150 valence electrons. The van der Waals surface area contributed by atoms with E-state index in [-0.39, 0.29) is 12.4 Å². The van der Waals surface area contributed by atoms with Crippen LogP contribution in [0.25, 0.3) is 11.0 Å². The number of amides is 1. The Balaban J connectivity index is 1.67. The molecular formula is C19H13BrI2N2O5. The number of nitrogens with zero attached hydrogens (tertiary/aromatic N) is 1. The van der Waals surface area contributed by atoms with Gasteiger partial charge < -0.3 is 13.9 Å². The molecule has 0 saturated heterocycles. The largest absolute Gasteiger partial charge is 0.480 e. The van der Waals surface area contributed by atoms with Crippen LogP contribution in [0, 0.1) is 7.14 Å². The number of ether oxygens (including phenoxy) is 2. The molecule has 0 unspecified atom stereocenters. The number of hydrazone groups is 1. The number of nitrogens with one attached hydrogen (secondary N) is 1. The van der Waals surface area contributed by atoms with Gasteiger partial charge in [-0.1, -0.05) is 15.9 Å². The highest BCUT2D eigenvalue weighted by molar-refractivity contribution is 14.1. The van der Waals surface area contributed by atoms with E-state index >= 15 is 0 Å². The van der Waals surface area contributed by atoms with Crippen LogP contribution in [0.5, 0.6) is 5.75 Å². The van der Waals surface area contributed by atoms with Gasteiger partial charge in [0.25, 0.3) is 0 Å². The Bertz CT molecular complexity index is 1090. The molecule has 1 N–H and O–H groups in total. The number of hydrogen-bond acceptors (Lipinski definition) is 6. The van der Waals surface area contributed by atoms with Crippen LogP contribution in [0.1, 0.15) is 16.1 Å². The smallest absolute Gasteiger partial charge is 0.343 e. The second-order valence-electron chi connectivity index (χ2n) is 5.67. The summed E-state index contributed by atoms with van der Waals surface area (Å²) in [7, 11) is 1.31. The fourth-order valence-corrected chi connectivity index (χ4v) is 4.84. The Morgan fingerprint density at radius 3 is 2.62 bits per heavy atom. The lowest BCUT2D eigenvalue weighted by atomic mass is 10.2. The molecule has 7 nitrogen and oxygen atoms in total. The van der Waals surface area contributed by atoms with Gasteiger partial charge in [0.05, 0.1) is 20.5 Å². The van der Waals surface area contributed by atoms with Crippen molar-refractivity contribution in [3.63, 3.8) is 0 Å². The van der Waals surface area contributed by atoms with Gasteiger partial charge in [-0.2, -0.15) is 5.10 Å². The van der Waals surface area contributed by atoms with Crippen molar-refractivity contribution in [2.75, 3.05) is 13.7 Å². The molecule has 1 heterocycles. The molecule has 0 aliphatic carbocycles. The highest BCUT2D eigenvalue weighted by atomic mass is 127. The Kier molecular flexibility index (Phi) is 7.51. The predicted molar refractivity (Wildman–Crippen MR) is 128 cm³/mol. The molecule has 0 atom stereocenters. The van der Waals surface area contributed by atoms with E-state index in [0.717, 1.165) is 22.6 Å². The topological polar surface area (TPSA) is 90.1 Å². The van der Waals surface area contributed by atoms with Gasteiger partial charge in [-0.25, -0.2) is 10.2 Å². The fraction of sp³-hybridized carbons (Fsp3) is 0.105. The van der Waals surface area contributed by atoms with Crippen molar-refractivity contribution in [2.24, 2.45) is 5.10 Å². The maximum atomic E-state index is 12.3. The summed E-state index contributed by atoms with van der Waals surface area (Å²) in [5.41, 5.74) is 3.83. The zero-order chi connectivity index (χ0) is 21.0. The third-order valence-electron chi connectivity index (χ3n) is 3.66. The number of hydrogen-bond donors (Lipinski definition) is 1. The summed E-state index contributed by atoms with van der Waals surface area (Å²) in [5.74, 6) is -0.143. The first-order valence-corrected chi connectivity index (χ1v) is 11.0. The standard InChI is InChI=1S/C19H13BrI2N2O5/c1-27-17(25)9-28-18-13(21)4-10(5-14(18)22)8-23-24-19(26)16-7-11-6-12(20)2-3-15(11)29-16/h2-8H,9H2,1H3,(H,24,26)/b23-8+. The molecule has 3 aromatic rings. The zero-order valence-corrected chi connectivity index (χ0v) is 20.8. The number of benzene rings is 2. The van der Waals surface area contributed by atoms with Crippen LogP contribution < -0.4 is 10.2 Å². The van der Waals surface area contributed by atoms with Gasteiger partial charge in [0, 0.05) is 9.86 Å². The van der Waals surface area contributed by atoms with Gasteiger partial charge in [-0.05, 0) is 87.1 Å². The van der Waals surface area contributed by atoms with Gasteiger partial charge in [-0.15, -0.1) is 0 Å². The molecule has 3 rings (SSSR count). The first-order valence-electron chi connectivity index (χ1n) is 8.08. The highest BCUT2D eigenvalue weighted by Crippen LogP contribution is 2.28. The summed E-state index contributed by atoms with van der Waals surface area (Å²) in [6.45, 7) is -0.167. The molecule has 1 amide bonds. The predicted octanol–water partition coefficient (Wildman–Crippen LogP) is 4.72. The van der Waals surface area contributed by atoms with Crippen LogP contribution in [0.3, 0.4) is 0 Å². The third-order valence-corrected chi connectivity index (χ3v) is 5.76. The molecule has 0 bridgehead atoms. The van der Waals surface area contributed by atoms with Crippen molar-refractivity contribution in [1.29, 1.82) is 0 Å². The molecule has 0 saturated carbocycles. The molecule has 1 aromatic heterocycles. The van der Waals surface area contributed by atoms with Crippen molar-refractivity contribution < 1.29 is 23.5 Å². The van der Waals surface area contributed by atoms with E-state index in [4.69, 9.17) is 9.15 Å². The maximum Gasteiger partial charge on any atom is 0.343 e. The molecule has 0 fully saturated rings. The number of methoxy groups -OCH3 is 1. The van der Waals surface area contributed by atoms with E-state index in [2.05, 4.69) is 76.4 Å². The quantitative estimate of drug-likeness (QED) is 0.176. The van der Waals surface area contributed by atoms with E-state index in [0.29, 0.717) is 11.3 Å². The van der Waals surface area contributed by atoms with Gasteiger partial charge in [0.2, 0.25) is 0 Å². The fourth-order valence-electron chi connectivity index (χ4n) is 2.33. The second-order valence-corrected chi connectivity index (χ2v) is 8.91. The van der Waals surface area contributed by atoms with Crippen LogP contribution in [0.15, 0.2) is 50.4 Å². The average Bonchev–Trinajstić information content (AvgIpc) is 3.10. The van der Waals surface area contributed by atoms with Crippen LogP contribution in [0.2, 0.25) is 0 Å². The molecular weight excluding hydrogens is 670 g/mol. The number of esters is 1. The van der Waals surface area contributed by atoms with E-state index in [9.17, 15) is 9.59 Å². The number of furan rings is 1. The van der Waals surface area contributed by atoms with E-state index in [1.807, 2.05) is 24.3 Å². The molecule has 2 aromatic carbocycles. The Hall–Kier alpha value is -1.67. The van der Waals surface area contributed by atoms with Crippen molar-refractivity contribution in [1.82, 2.24) is 5.43 Å². The molecule has 10 heteroatoms.